The van der Waals surface area contributed by atoms with Gasteiger partial charge in [0.2, 0.25) is 5.91 Å². The summed E-state index contributed by atoms with van der Waals surface area (Å²) in [6.45, 7) is 4.99. The lowest BCUT2D eigenvalue weighted by Gasteiger charge is -2.20. The molecule has 142 valence electrons. The maximum Gasteiger partial charge on any atom is 0.307 e. The number of esters is 1. The number of ether oxygens (including phenoxy) is 3. The highest BCUT2D eigenvalue weighted by atomic mass is 16.5. The second-order valence-electron chi connectivity index (χ2n) is 5.99. The molecule has 1 fully saturated rings. The van der Waals surface area contributed by atoms with E-state index in [4.69, 9.17) is 14.2 Å². The van der Waals surface area contributed by atoms with Crippen molar-refractivity contribution in [1.82, 2.24) is 4.90 Å². The van der Waals surface area contributed by atoms with Crippen molar-refractivity contribution >= 4 is 18.0 Å². The van der Waals surface area contributed by atoms with E-state index in [1.807, 2.05) is 25.1 Å². The average molecular weight is 361 g/mol. The molecule has 0 saturated heterocycles. The van der Waals surface area contributed by atoms with Gasteiger partial charge in [-0.05, 0) is 50.5 Å². The highest BCUT2D eigenvalue weighted by Crippen LogP contribution is 2.29. The second-order valence-corrected chi connectivity index (χ2v) is 5.99. The number of carbonyl (C=O) groups is 2. The summed E-state index contributed by atoms with van der Waals surface area (Å²) in [5.74, 6) is 0.936. The fraction of sp³-hybridized carbons (Fsp3) is 0.500. The molecule has 0 aromatic heterocycles. The first-order valence-corrected chi connectivity index (χ1v) is 9.04. The van der Waals surface area contributed by atoms with Crippen LogP contribution in [-0.4, -0.2) is 49.7 Å². The third-order valence-corrected chi connectivity index (χ3v) is 4.04. The number of hydrogen-bond acceptors (Lipinski definition) is 5. The van der Waals surface area contributed by atoms with Gasteiger partial charge in [-0.15, -0.1) is 0 Å². The number of hydrogen-bond donors (Lipinski definition) is 0. The van der Waals surface area contributed by atoms with Gasteiger partial charge in [-0.3, -0.25) is 9.59 Å². The summed E-state index contributed by atoms with van der Waals surface area (Å²) >= 11 is 0. The van der Waals surface area contributed by atoms with Gasteiger partial charge in [0.1, 0.15) is 0 Å². The van der Waals surface area contributed by atoms with Gasteiger partial charge in [-0.1, -0.05) is 6.07 Å². The van der Waals surface area contributed by atoms with Crippen molar-refractivity contribution in [2.45, 2.75) is 39.2 Å². The van der Waals surface area contributed by atoms with Gasteiger partial charge in [-0.2, -0.15) is 0 Å². The average Bonchev–Trinajstić information content (AvgIpc) is 3.46. The molecule has 1 amide bonds. The third-order valence-electron chi connectivity index (χ3n) is 4.04. The van der Waals surface area contributed by atoms with E-state index in [0.717, 1.165) is 18.4 Å². The van der Waals surface area contributed by atoms with Gasteiger partial charge in [0, 0.05) is 18.7 Å². The van der Waals surface area contributed by atoms with Crippen LogP contribution in [0.25, 0.3) is 6.08 Å². The lowest BCUT2D eigenvalue weighted by molar-refractivity contribution is -0.143. The number of methoxy groups -OCH3 is 1. The smallest absolute Gasteiger partial charge is 0.307 e. The van der Waals surface area contributed by atoms with Crippen LogP contribution in [0.5, 0.6) is 11.5 Å². The number of carbonyl (C=O) groups excluding carboxylic acids is 2. The van der Waals surface area contributed by atoms with Crippen molar-refractivity contribution in [1.29, 1.82) is 0 Å². The first kappa shape index (κ1) is 19.8. The summed E-state index contributed by atoms with van der Waals surface area (Å²) < 4.78 is 15.8. The van der Waals surface area contributed by atoms with Crippen LogP contribution in [0.4, 0.5) is 0 Å². The zero-order valence-corrected chi connectivity index (χ0v) is 15.7. The quantitative estimate of drug-likeness (QED) is 0.473. The molecule has 0 unspecified atom stereocenters. The molecule has 0 spiro atoms. The molecule has 0 radical (unpaired) electrons. The van der Waals surface area contributed by atoms with Crippen LogP contribution in [0.1, 0.15) is 38.7 Å². The SMILES string of the molecule is CCOC(=O)CCN(C(=O)/C=C/c1ccc(OCC)c(OC)c1)C1CC1. The zero-order valence-electron chi connectivity index (χ0n) is 15.7. The summed E-state index contributed by atoms with van der Waals surface area (Å²) in [7, 11) is 1.58. The fourth-order valence-corrected chi connectivity index (χ4v) is 2.63. The molecule has 0 heterocycles. The Morgan fingerprint density at radius 3 is 2.58 bits per heavy atom. The van der Waals surface area contributed by atoms with E-state index in [1.54, 1.807) is 31.1 Å². The third kappa shape index (κ3) is 5.79. The van der Waals surface area contributed by atoms with Crippen molar-refractivity contribution in [2.24, 2.45) is 0 Å². The Labute approximate surface area is 154 Å². The minimum atomic E-state index is -0.272. The Hall–Kier alpha value is -2.50. The van der Waals surface area contributed by atoms with E-state index in [0.29, 0.717) is 31.3 Å². The first-order valence-electron chi connectivity index (χ1n) is 9.04. The Morgan fingerprint density at radius 2 is 1.96 bits per heavy atom. The van der Waals surface area contributed by atoms with Gasteiger partial charge in [-0.25, -0.2) is 0 Å². The number of benzene rings is 1. The largest absolute Gasteiger partial charge is 0.493 e. The topological polar surface area (TPSA) is 65.1 Å². The van der Waals surface area contributed by atoms with Crippen LogP contribution in [0.15, 0.2) is 24.3 Å². The number of nitrogens with zero attached hydrogens (tertiary/aromatic N) is 1. The van der Waals surface area contributed by atoms with E-state index in [2.05, 4.69) is 0 Å². The number of amides is 1. The molecule has 0 aliphatic heterocycles. The Balaban J connectivity index is 2.00. The molecule has 6 heteroatoms. The highest BCUT2D eigenvalue weighted by molar-refractivity contribution is 5.92. The van der Waals surface area contributed by atoms with Crippen LogP contribution in [-0.2, 0) is 14.3 Å². The Morgan fingerprint density at radius 1 is 1.19 bits per heavy atom. The Kier molecular flexibility index (Phi) is 7.51. The van der Waals surface area contributed by atoms with Crippen molar-refractivity contribution in [2.75, 3.05) is 26.9 Å². The molecule has 1 aliphatic carbocycles. The fourth-order valence-electron chi connectivity index (χ4n) is 2.63. The van der Waals surface area contributed by atoms with Gasteiger partial charge in [0.15, 0.2) is 11.5 Å². The molecule has 26 heavy (non-hydrogen) atoms. The van der Waals surface area contributed by atoms with E-state index < -0.39 is 0 Å². The predicted molar refractivity (Wildman–Crippen MR) is 99.2 cm³/mol. The minimum absolute atomic E-state index is 0.0929. The van der Waals surface area contributed by atoms with Gasteiger partial charge in [0.05, 0.1) is 26.7 Å². The summed E-state index contributed by atoms with van der Waals surface area (Å²) in [6, 6.07) is 5.76. The summed E-state index contributed by atoms with van der Waals surface area (Å²) in [6.07, 6.45) is 5.48. The summed E-state index contributed by atoms with van der Waals surface area (Å²) in [4.78, 5) is 25.8. The molecular formula is C20H27NO5. The van der Waals surface area contributed by atoms with E-state index in [1.165, 1.54) is 0 Å². The van der Waals surface area contributed by atoms with E-state index in [9.17, 15) is 9.59 Å². The van der Waals surface area contributed by atoms with Gasteiger partial charge >= 0.3 is 5.97 Å². The first-order chi connectivity index (χ1) is 12.6. The summed E-state index contributed by atoms with van der Waals surface area (Å²) in [5, 5.41) is 0. The molecule has 1 saturated carbocycles. The summed E-state index contributed by atoms with van der Waals surface area (Å²) in [5.41, 5.74) is 0.847. The lowest BCUT2D eigenvalue weighted by Crippen LogP contribution is -2.33. The van der Waals surface area contributed by atoms with Gasteiger partial charge < -0.3 is 19.1 Å². The molecule has 1 aromatic rings. The monoisotopic (exact) mass is 361 g/mol. The molecule has 2 rings (SSSR count). The molecule has 0 atom stereocenters. The normalized spacial score (nSPS) is 13.5. The van der Waals surface area contributed by atoms with Crippen LogP contribution >= 0.6 is 0 Å². The molecule has 6 nitrogen and oxygen atoms in total. The lowest BCUT2D eigenvalue weighted by atomic mass is 10.2. The molecule has 1 aromatic carbocycles. The van der Waals surface area contributed by atoms with Crippen LogP contribution in [0, 0.1) is 0 Å². The van der Waals surface area contributed by atoms with Crippen molar-refractivity contribution in [3.63, 3.8) is 0 Å². The minimum Gasteiger partial charge on any atom is -0.493 e. The molecule has 0 N–H and O–H groups in total. The van der Waals surface area contributed by atoms with E-state index >= 15 is 0 Å². The predicted octanol–water partition coefficient (Wildman–Crippen LogP) is 3.05. The Bertz CT molecular complexity index is 652. The maximum absolute atomic E-state index is 12.5. The van der Waals surface area contributed by atoms with Crippen LogP contribution in [0.2, 0.25) is 0 Å². The van der Waals surface area contributed by atoms with Crippen molar-refractivity contribution in [3.8, 4) is 11.5 Å². The second kappa shape index (κ2) is 9.85. The highest BCUT2D eigenvalue weighted by Gasteiger charge is 2.31. The maximum atomic E-state index is 12.5. The van der Waals surface area contributed by atoms with E-state index in [-0.39, 0.29) is 24.3 Å². The standard InChI is InChI=1S/C20H27NO5/c1-4-25-17-10-6-15(14-18(17)24-3)7-11-19(22)21(16-8-9-16)13-12-20(23)26-5-2/h6-7,10-11,14,16H,4-5,8-9,12-13H2,1-3H3/b11-7+. The molecule has 1 aliphatic rings. The molecular weight excluding hydrogens is 334 g/mol. The number of rotatable bonds is 10. The van der Waals surface area contributed by atoms with Gasteiger partial charge in [0.25, 0.3) is 0 Å². The zero-order chi connectivity index (χ0) is 18.9. The van der Waals surface area contributed by atoms with Crippen LogP contribution in [0.3, 0.4) is 0 Å². The van der Waals surface area contributed by atoms with Crippen LogP contribution < -0.4 is 9.47 Å². The molecule has 0 bridgehead atoms. The van der Waals surface area contributed by atoms with Crippen molar-refractivity contribution in [3.05, 3.63) is 29.8 Å². The van der Waals surface area contributed by atoms with Crippen molar-refractivity contribution < 1.29 is 23.8 Å².